The fraction of sp³-hybridized carbons (Fsp3) is 0.0909. The number of ether oxygens (including phenoxy) is 1. The lowest BCUT2D eigenvalue weighted by molar-refractivity contribution is 0.0528. The van der Waals surface area contributed by atoms with Gasteiger partial charge in [-0.25, -0.2) is 4.79 Å². The Bertz CT molecular complexity index is 1200. The standard InChI is InChI=1S/C22H18N4O3/c1-2-29-22(28)18-19(15-9-4-3-5-10-15)23-25-21(18)26-24-20-16-11-7-6-8-14(16)12-13-17(20)27/h3-13,27H,2H2,1H3,(H,23,25). The number of benzene rings is 3. The number of hydrogen-bond acceptors (Lipinski definition) is 6. The summed E-state index contributed by atoms with van der Waals surface area (Å²) >= 11 is 0. The van der Waals surface area contributed by atoms with E-state index in [4.69, 9.17) is 4.74 Å². The molecule has 29 heavy (non-hydrogen) atoms. The van der Waals surface area contributed by atoms with Crippen LogP contribution in [0.15, 0.2) is 77.0 Å². The highest BCUT2D eigenvalue weighted by Crippen LogP contribution is 2.37. The van der Waals surface area contributed by atoms with Crippen LogP contribution in [0.2, 0.25) is 0 Å². The summed E-state index contributed by atoms with van der Waals surface area (Å²) in [7, 11) is 0. The molecule has 0 aliphatic carbocycles. The maximum Gasteiger partial charge on any atom is 0.344 e. The van der Waals surface area contributed by atoms with Crippen LogP contribution >= 0.6 is 0 Å². The molecule has 4 rings (SSSR count). The van der Waals surface area contributed by atoms with E-state index in [-0.39, 0.29) is 23.7 Å². The van der Waals surface area contributed by atoms with E-state index in [2.05, 4.69) is 20.4 Å². The van der Waals surface area contributed by atoms with Crippen molar-refractivity contribution < 1.29 is 14.6 Å². The van der Waals surface area contributed by atoms with Gasteiger partial charge >= 0.3 is 5.97 Å². The van der Waals surface area contributed by atoms with E-state index in [0.29, 0.717) is 11.4 Å². The predicted octanol–water partition coefficient (Wildman–Crippen LogP) is 5.53. The number of nitrogens with zero attached hydrogens (tertiary/aromatic N) is 3. The first-order valence-electron chi connectivity index (χ1n) is 9.12. The van der Waals surface area contributed by atoms with Gasteiger partial charge < -0.3 is 9.84 Å². The normalized spacial score (nSPS) is 11.2. The maximum absolute atomic E-state index is 12.6. The summed E-state index contributed by atoms with van der Waals surface area (Å²) in [5.41, 5.74) is 1.78. The number of rotatable bonds is 5. The van der Waals surface area contributed by atoms with Gasteiger partial charge in [0.2, 0.25) is 5.82 Å². The Hall–Kier alpha value is -4.00. The predicted molar refractivity (Wildman–Crippen MR) is 110 cm³/mol. The number of esters is 1. The number of H-pyrrole nitrogens is 1. The number of carbonyl (C=O) groups is 1. The Balaban J connectivity index is 1.81. The molecule has 3 aromatic carbocycles. The molecule has 7 heteroatoms. The largest absolute Gasteiger partial charge is 0.506 e. The molecule has 4 aromatic rings. The second kappa shape index (κ2) is 7.93. The fourth-order valence-corrected chi connectivity index (χ4v) is 3.06. The summed E-state index contributed by atoms with van der Waals surface area (Å²) in [5, 5.41) is 27.3. The van der Waals surface area contributed by atoms with Crippen molar-refractivity contribution in [3.63, 3.8) is 0 Å². The molecule has 0 saturated carbocycles. The van der Waals surface area contributed by atoms with Crippen molar-refractivity contribution in [3.8, 4) is 17.0 Å². The van der Waals surface area contributed by atoms with Crippen LogP contribution in [0.25, 0.3) is 22.0 Å². The minimum Gasteiger partial charge on any atom is -0.506 e. The summed E-state index contributed by atoms with van der Waals surface area (Å²) in [4.78, 5) is 12.6. The number of nitrogens with one attached hydrogen (secondary N) is 1. The van der Waals surface area contributed by atoms with Gasteiger partial charge in [0, 0.05) is 10.9 Å². The first-order valence-corrected chi connectivity index (χ1v) is 9.12. The zero-order valence-corrected chi connectivity index (χ0v) is 15.7. The molecule has 0 saturated heterocycles. The van der Waals surface area contributed by atoms with E-state index < -0.39 is 5.97 Å². The molecular weight excluding hydrogens is 368 g/mol. The second-order valence-corrected chi connectivity index (χ2v) is 6.24. The lowest BCUT2D eigenvalue weighted by Crippen LogP contribution is -2.05. The third-order valence-electron chi connectivity index (χ3n) is 4.41. The Kier molecular flexibility index (Phi) is 5.03. The second-order valence-electron chi connectivity index (χ2n) is 6.24. The van der Waals surface area contributed by atoms with Gasteiger partial charge in [-0.1, -0.05) is 60.7 Å². The molecule has 1 aromatic heterocycles. The molecule has 0 radical (unpaired) electrons. The summed E-state index contributed by atoms with van der Waals surface area (Å²) in [6.45, 7) is 1.95. The Labute approximate surface area is 166 Å². The van der Waals surface area contributed by atoms with Crippen LogP contribution in [-0.4, -0.2) is 27.9 Å². The molecule has 144 valence electrons. The number of carbonyl (C=O) groups excluding carboxylic acids is 1. The third kappa shape index (κ3) is 3.58. The lowest BCUT2D eigenvalue weighted by Gasteiger charge is -2.05. The minimum absolute atomic E-state index is 0.0102. The number of azo groups is 1. The van der Waals surface area contributed by atoms with Crippen LogP contribution in [-0.2, 0) is 4.74 Å². The number of aromatic hydroxyl groups is 1. The molecule has 0 aliphatic heterocycles. The van der Waals surface area contributed by atoms with Crippen LogP contribution in [0.1, 0.15) is 17.3 Å². The Morgan fingerprint density at radius 3 is 2.59 bits per heavy atom. The lowest BCUT2D eigenvalue weighted by atomic mass is 10.1. The average molecular weight is 386 g/mol. The van der Waals surface area contributed by atoms with Crippen LogP contribution in [0.3, 0.4) is 0 Å². The molecule has 0 unspecified atom stereocenters. The van der Waals surface area contributed by atoms with Crippen LogP contribution in [0, 0.1) is 0 Å². The van der Waals surface area contributed by atoms with Gasteiger partial charge in [-0.2, -0.15) is 5.10 Å². The van der Waals surface area contributed by atoms with Crippen molar-refractivity contribution in [2.45, 2.75) is 6.92 Å². The summed E-state index contributed by atoms with van der Waals surface area (Å²) in [6.07, 6.45) is 0. The summed E-state index contributed by atoms with van der Waals surface area (Å²) in [5.74, 6) is -0.463. The highest BCUT2D eigenvalue weighted by atomic mass is 16.5. The van der Waals surface area contributed by atoms with E-state index >= 15 is 0 Å². The van der Waals surface area contributed by atoms with Gasteiger partial charge in [-0.15, -0.1) is 10.2 Å². The smallest absolute Gasteiger partial charge is 0.344 e. The van der Waals surface area contributed by atoms with Gasteiger partial charge in [0.05, 0.1) is 12.3 Å². The average Bonchev–Trinajstić information content (AvgIpc) is 3.18. The number of fused-ring (bicyclic) bond motifs is 1. The van der Waals surface area contributed by atoms with Gasteiger partial charge in [0.15, 0.2) is 0 Å². The van der Waals surface area contributed by atoms with E-state index in [1.54, 1.807) is 19.1 Å². The molecule has 0 atom stereocenters. The molecule has 0 fully saturated rings. The van der Waals surface area contributed by atoms with Gasteiger partial charge in [0.1, 0.15) is 17.0 Å². The van der Waals surface area contributed by atoms with E-state index in [1.807, 2.05) is 54.6 Å². The van der Waals surface area contributed by atoms with Crippen molar-refractivity contribution in [2.75, 3.05) is 6.61 Å². The monoisotopic (exact) mass is 386 g/mol. The zero-order chi connectivity index (χ0) is 20.2. The topological polar surface area (TPSA) is 99.9 Å². The fourth-order valence-electron chi connectivity index (χ4n) is 3.06. The zero-order valence-electron chi connectivity index (χ0n) is 15.7. The minimum atomic E-state index is -0.545. The first kappa shape index (κ1) is 18.4. The number of phenols is 1. The van der Waals surface area contributed by atoms with E-state index in [0.717, 1.165) is 16.3 Å². The quantitative estimate of drug-likeness (QED) is 0.348. The first-order chi connectivity index (χ1) is 14.2. The van der Waals surface area contributed by atoms with Crippen LogP contribution in [0.4, 0.5) is 11.5 Å². The molecule has 0 bridgehead atoms. The van der Waals surface area contributed by atoms with Crippen molar-refractivity contribution in [1.29, 1.82) is 0 Å². The summed E-state index contributed by atoms with van der Waals surface area (Å²) in [6, 6.07) is 20.2. The van der Waals surface area contributed by atoms with Crippen molar-refractivity contribution in [3.05, 3.63) is 72.3 Å². The molecule has 0 spiro atoms. The summed E-state index contributed by atoms with van der Waals surface area (Å²) < 4.78 is 5.19. The molecule has 0 aliphatic rings. The van der Waals surface area contributed by atoms with Crippen LogP contribution in [0.5, 0.6) is 5.75 Å². The van der Waals surface area contributed by atoms with Crippen molar-refractivity contribution >= 4 is 28.2 Å². The molecule has 7 nitrogen and oxygen atoms in total. The Morgan fingerprint density at radius 2 is 1.79 bits per heavy atom. The number of phenolic OH excluding ortho intramolecular Hbond substituents is 1. The Morgan fingerprint density at radius 1 is 1.03 bits per heavy atom. The molecular formula is C22H18N4O3. The molecule has 2 N–H and O–H groups in total. The molecule has 1 heterocycles. The van der Waals surface area contributed by atoms with Crippen LogP contribution < -0.4 is 0 Å². The van der Waals surface area contributed by atoms with E-state index in [9.17, 15) is 9.90 Å². The SMILES string of the molecule is CCOC(=O)c1c(N=Nc2c(O)ccc3ccccc23)n[nH]c1-c1ccccc1. The van der Waals surface area contributed by atoms with Gasteiger partial charge in [-0.05, 0) is 18.4 Å². The highest BCUT2D eigenvalue weighted by molar-refractivity contribution is 6.00. The van der Waals surface area contributed by atoms with Gasteiger partial charge in [0.25, 0.3) is 0 Å². The highest BCUT2D eigenvalue weighted by Gasteiger charge is 2.23. The van der Waals surface area contributed by atoms with Crippen molar-refractivity contribution in [2.24, 2.45) is 10.2 Å². The molecule has 0 amide bonds. The number of hydrogen-bond donors (Lipinski definition) is 2. The number of aromatic nitrogens is 2. The third-order valence-corrected chi connectivity index (χ3v) is 4.41. The number of aromatic amines is 1. The van der Waals surface area contributed by atoms with Gasteiger partial charge in [-0.3, -0.25) is 5.10 Å². The maximum atomic E-state index is 12.6. The van der Waals surface area contributed by atoms with E-state index in [1.165, 1.54) is 0 Å². The van der Waals surface area contributed by atoms with Crippen molar-refractivity contribution in [1.82, 2.24) is 10.2 Å².